The van der Waals surface area contributed by atoms with E-state index in [1.807, 2.05) is 0 Å². The van der Waals surface area contributed by atoms with Gasteiger partial charge in [-0.1, -0.05) is 0 Å². The van der Waals surface area contributed by atoms with E-state index in [2.05, 4.69) is 20.4 Å². The van der Waals surface area contributed by atoms with E-state index >= 15 is 0 Å². The van der Waals surface area contributed by atoms with Gasteiger partial charge >= 0.3 is 6.18 Å². The summed E-state index contributed by atoms with van der Waals surface area (Å²) in [5.74, 6) is -0.691. The Morgan fingerprint density at radius 1 is 1.15 bits per heavy atom. The molecular weight excluding hydrogens is 539 g/mol. The van der Waals surface area contributed by atoms with Crippen LogP contribution in [0, 0.1) is 5.82 Å². The van der Waals surface area contributed by atoms with Gasteiger partial charge in [-0.3, -0.25) is 9.59 Å². The fourth-order valence-corrected chi connectivity index (χ4v) is 3.87. The Morgan fingerprint density at radius 2 is 1.82 bits per heavy atom. The maximum absolute atomic E-state index is 14.8. The number of carbonyl (C=O) groups excluding carboxylic acids is 1. The highest BCUT2D eigenvalue weighted by Crippen LogP contribution is 2.32. The van der Waals surface area contributed by atoms with E-state index in [1.54, 1.807) is 12.1 Å². The van der Waals surface area contributed by atoms with Crippen molar-refractivity contribution >= 4 is 18.0 Å². The number of nitrogens with one attached hydrogen (secondary N) is 2. The van der Waals surface area contributed by atoms with Crippen molar-refractivity contribution in [3.63, 3.8) is 0 Å². The zero-order chi connectivity index (χ0) is 29.6. The molecule has 214 valence electrons. The summed E-state index contributed by atoms with van der Waals surface area (Å²) in [6.07, 6.45) is -0.470. The van der Waals surface area contributed by atoms with Crippen LogP contribution in [0.1, 0.15) is 53.4 Å². The molecule has 3 aromatic rings. The first-order valence-corrected chi connectivity index (χ1v) is 12.0. The van der Waals surface area contributed by atoms with Gasteiger partial charge in [-0.05, 0) is 43.8 Å². The second kappa shape index (κ2) is 12.8. The number of aliphatic hydroxyl groups excluding tert-OH is 1. The Hall–Kier alpha value is -4.20. The Morgan fingerprint density at radius 3 is 2.42 bits per heavy atom. The lowest BCUT2D eigenvalue weighted by Gasteiger charge is -2.22. The normalized spacial score (nSPS) is 14.1. The summed E-state index contributed by atoms with van der Waals surface area (Å²) in [5, 5.41) is 17.2. The van der Waals surface area contributed by atoms with Gasteiger partial charge in [-0.15, -0.1) is 0 Å². The van der Waals surface area contributed by atoms with Crippen molar-refractivity contribution in [3.8, 4) is 11.4 Å². The van der Waals surface area contributed by atoms with E-state index in [-0.39, 0.29) is 29.9 Å². The molecule has 2 aromatic heterocycles. The quantitative estimate of drug-likeness (QED) is 0.231. The summed E-state index contributed by atoms with van der Waals surface area (Å²) >= 11 is 0. The van der Waals surface area contributed by atoms with Gasteiger partial charge < -0.3 is 15.3 Å². The number of nitrogens with zero attached hydrogens (tertiary/aromatic N) is 4. The van der Waals surface area contributed by atoms with E-state index in [0.717, 1.165) is 12.3 Å². The first-order valence-electron chi connectivity index (χ1n) is 12.0. The molecule has 0 fully saturated rings. The van der Waals surface area contributed by atoms with Crippen LogP contribution in [0.4, 0.5) is 27.6 Å². The Bertz CT molecular complexity index is 1410. The van der Waals surface area contributed by atoms with E-state index < -0.39 is 47.1 Å². The average molecular weight is 567 g/mol. The number of rotatable bonds is 11. The molecular formula is C26H27F5N6O3. The van der Waals surface area contributed by atoms with Gasteiger partial charge in [0.2, 0.25) is 0 Å². The lowest BCUT2D eigenvalue weighted by molar-refractivity contribution is -0.138. The first kappa shape index (κ1) is 30.3. The standard InChI is InChI=1S/C26H27F5N6O3/c1-14(35-22-11-34-36-25(40)23(22)26(29,30)31)6-19(27)12-37(3)5-4-16-7-20(21(28)8-17(16)13-38)24-32-9-18(10-33-24)15(2)39/h4-5,7-11,13-15,19,39H,6,12H2,1-3H3,(H2,35,36,40)/b5-4-. The van der Waals surface area contributed by atoms with Crippen LogP contribution < -0.4 is 10.9 Å². The van der Waals surface area contributed by atoms with Crippen LogP contribution in [0.2, 0.25) is 0 Å². The minimum atomic E-state index is -4.92. The number of carbonyl (C=O) groups is 1. The highest BCUT2D eigenvalue weighted by atomic mass is 19.4. The summed E-state index contributed by atoms with van der Waals surface area (Å²) in [5.41, 5.74) is -2.60. The molecule has 0 aliphatic heterocycles. The highest BCUT2D eigenvalue weighted by Gasteiger charge is 2.37. The minimum Gasteiger partial charge on any atom is -0.389 e. The summed E-state index contributed by atoms with van der Waals surface area (Å²) < 4.78 is 69.1. The lowest BCUT2D eigenvalue weighted by atomic mass is 10.0. The number of aliphatic hydroxyl groups is 1. The monoisotopic (exact) mass is 566 g/mol. The summed E-state index contributed by atoms with van der Waals surface area (Å²) in [6.45, 7) is 2.84. The number of anilines is 1. The molecule has 3 rings (SSSR count). The van der Waals surface area contributed by atoms with Crippen molar-refractivity contribution in [3.05, 3.63) is 75.3 Å². The molecule has 1 aromatic carbocycles. The molecule has 0 amide bonds. The number of alkyl halides is 4. The molecule has 14 heteroatoms. The predicted molar refractivity (Wildman–Crippen MR) is 138 cm³/mol. The molecule has 40 heavy (non-hydrogen) atoms. The molecule has 0 saturated carbocycles. The van der Waals surface area contributed by atoms with Crippen molar-refractivity contribution in [2.24, 2.45) is 0 Å². The fourth-order valence-electron chi connectivity index (χ4n) is 3.87. The molecule has 0 radical (unpaired) electrons. The Balaban J connectivity index is 1.69. The first-order chi connectivity index (χ1) is 18.8. The molecule has 0 aliphatic rings. The number of halogens is 5. The summed E-state index contributed by atoms with van der Waals surface area (Å²) in [4.78, 5) is 32.7. The van der Waals surface area contributed by atoms with Crippen molar-refractivity contribution in [2.75, 3.05) is 18.9 Å². The zero-order valence-corrected chi connectivity index (χ0v) is 21.7. The van der Waals surface area contributed by atoms with Crippen molar-refractivity contribution < 1.29 is 31.9 Å². The Kier molecular flexibility index (Phi) is 9.69. The maximum Gasteiger partial charge on any atom is 0.423 e. The zero-order valence-electron chi connectivity index (χ0n) is 21.7. The second-order valence-corrected chi connectivity index (χ2v) is 9.21. The van der Waals surface area contributed by atoms with Crippen LogP contribution in [-0.4, -0.2) is 62.3 Å². The van der Waals surface area contributed by atoms with Gasteiger partial charge in [0.05, 0.1) is 23.6 Å². The van der Waals surface area contributed by atoms with Gasteiger partial charge in [0, 0.05) is 49.6 Å². The SMILES string of the molecule is CC(CC(F)CN(C)/C=C\c1cc(-c2ncc(C(C)O)cn2)c(F)cc1C=O)Nc1cn[nH]c(=O)c1C(F)(F)F. The van der Waals surface area contributed by atoms with Crippen LogP contribution >= 0.6 is 0 Å². The van der Waals surface area contributed by atoms with Gasteiger partial charge in [0.25, 0.3) is 5.56 Å². The number of benzene rings is 1. The lowest BCUT2D eigenvalue weighted by Crippen LogP contribution is -2.30. The topological polar surface area (TPSA) is 124 Å². The van der Waals surface area contributed by atoms with Crippen molar-refractivity contribution in [2.45, 2.75) is 44.8 Å². The van der Waals surface area contributed by atoms with Crippen LogP contribution in [0.3, 0.4) is 0 Å². The molecule has 0 saturated heterocycles. The van der Waals surface area contributed by atoms with Crippen LogP contribution in [0.15, 0.2) is 41.7 Å². The molecule has 3 atom stereocenters. The van der Waals surface area contributed by atoms with Gasteiger partial charge in [0.1, 0.15) is 17.6 Å². The van der Waals surface area contributed by atoms with E-state index in [9.17, 15) is 36.6 Å². The largest absolute Gasteiger partial charge is 0.423 e. The molecule has 3 unspecified atom stereocenters. The van der Waals surface area contributed by atoms with Crippen LogP contribution in [-0.2, 0) is 6.18 Å². The summed E-state index contributed by atoms with van der Waals surface area (Å²) in [6, 6.07) is 1.62. The van der Waals surface area contributed by atoms with Gasteiger partial charge in [-0.2, -0.15) is 18.3 Å². The van der Waals surface area contributed by atoms with Gasteiger partial charge in [-0.25, -0.2) is 23.8 Å². The summed E-state index contributed by atoms with van der Waals surface area (Å²) in [7, 11) is 1.55. The fraction of sp³-hybridized carbons (Fsp3) is 0.346. The third kappa shape index (κ3) is 7.68. The van der Waals surface area contributed by atoms with E-state index in [0.29, 0.717) is 17.4 Å². The molecule has 0 aliphatic carbocycles. The van der Waals surface area contributed by atoms with Crippen LogP contribution in [0.5, 0.6) is 0 Å². The molecule has 3 N–H and O–H groups in total. The minimum absolute atomic E-state index is 0.0146. The van der Waals surface area contributed by atoms with E-state index in [1.165, 1.54) is 49.5 Å². The number of aldehydes is 1. The number of H-pyrrole nitrogens is 1. The van der Waals surface area contributed by atoms with Crippen molar-refractivity contribution in [1.82, 2.24) is 25.1 Å². The molecule has 2 heterocycles. The second-order valence-electron chi connectivity index (χ2n) is 9.21. The van der Waals surface area contributed by atoms with Crippen molar-refractivity contribution in [1.29, 1.82) is 0 Å². The van der Waals surface area contributed by atoms with Crippen LogP contribution in [0.25, 0.3) is 17.5 Å². The molecule has 0 bridgehead atoms. The number of aromatic amines is 1. The Labute approximate surface area is 225 Å². The van der Waals surface area contributed by atoms with Gasteiger partial charge in [0.15, 0.2) is 12.1 Å². The highest BCUT2D eigenvalue weighted by molar-refractivity contribution is 5.84. The molecule has 0 spiro atoms. The molecule has 9 nitrogen and oxygen atoms in total. The maximum atomic E-state index is 14.8. The third-order valence-electron chi connectivity index (χ3n) is 5.84. The average Bonchev–Trinajstić information content (AvgIpc) is 2.86. The smallest absolute Gasteiger partial charge is 0.389 e. The number of aromatic nitrogens is 4. The predicted octanol–water partition coefficient (Wildman–Crippen LogP) is 4.38. The number of hydrogen-bond acceptors (Lipinski definition) is 8. The number of hydrogen-bond donors (Lipinski definition) is 3. The van der Waals surface area contributed by atoms with E-state index in [4.69, 9.17) is 0 Å². The third-order valence-corrected chi connectivity index (χ3v) is 5.84.